The standard InChI is InChI=1S/C25H22FNO3/c1-17(25(29)27-15-14-18-4-2-3-5-21(18)16-27)30-23-12-8-20(9-13-23)24(28)19-6-10-22(26)11-7-19/h2-13,17H,14-16H2,1H3. The lowest BCUT2D eigenvalue weighted by Gasteiger charge is -2.31. The van der Waals surface area contributed by atoms with Gasteiger partial charge in [-0.1, -0.05) is 24.3 Å². The second kappa shape index (κ2) is 8.49. The summed E-state index contributed by atoms with van der Waals surface area (Å²) < 4.78 is 18.9. The molecule has 0 aliphatic carbocycles. The van der Waals surface area contributed by atoms with Gasteiger partial charge in [0.1, 0.15) is 11.6 Å². The highest BCUT2D eigenvalue weighted by Crippen LogP contribution is 2.21. The fraction of sp³-hybridized carbons (Fsp3) is 0.200. The second-order valence-corrected chi connectivity index (χ2v) is 7.40. The molecule has 4 nitrogen and oxygen atoms in total. The number of carbonyl (C=O) groups excluding carboxylic acids is 2. The molecule has 0 aromatic heterocycles. The smallest absolute Gasteiger partial charge is 0.263 e. The number of halogens is 1. The average molecular weight is 403 g/mol. The van der Waals surface area contributed by atoms with Gasteiger partial charge in [-0.25, -0.2) is 4.39 Å². The highest BCUT2D eigenvalue weighted by molar-refractivity contribution is 6.09. The molecule has 1 unspecified atom stereocenters. The maximum atomic E-state index is 13.0. The first-order valence-electron chi connectivity index (χ1n) is 9.94. The third-order valence-electron chi connectivity index (χ3n) is 5.33. The zero-order chi connectivity index (χ0) is 21.1. The van der Waals surface area contributed by atoms with Crippen molar-refractivity contribution in [2.24, 2.45) is 0 Å². The van der Waals surface area contributed by atoms with Crippen molar-refractivity contribution in [2.45, 2.75) is 26.0 Å². The van der Waals surface area contributed by atoms with Gasteiger partial charge >= 0.3 is 0 Å². The number of benzene rings is 3. The minimum Gasteiger partial charge on any atom is -0.481 e. The Kier molecular flexibility index (Phi) is 5.61. The van der Waals surface area contributed by atoms with Crippen LogP contribution in [-0.2, 0) is 17.8 Å². The molecule has 3 aromatic rings. The Bertz CT molecular complexity index is 1060. The second-order valence-electron chi connectivity index (χ2n) is 7.40. The molecule has 5 heteroatoms. The van der Waals surface area contributed by atoms with Crippen LogP contribution in [0.1, 0.15) is 34.0 Å². The summed E-state index contributed by atoms with van der Waals surface area (Å²) in [6.45, 7) is 3.00. The van der Waals surface area contributed by atoms with E-state index in [2.05, 4.69) is 12.1 Å². The summed E-state index contributed by atoms with van der Waals surface area (Å²) in [5.74, 6) is -0.122. The van der Waals surface area contributed by atoms with Crippen LogP contribution in [0.3, 0.4) is 0 Å². The van der Waals surface area contributed by atoms with Crippen LogP contribution >= 0.6 is 0 Å². The van der Waals surface area contributed by atoms with Gasteiger partial charge in [-0.3, -0.25) is 9.59 Å². The predicted octanol–water partition coefficient (Wildman–Crippen LogP) is 4.41. The van der Waals surface area contributed by atoms with Crippen molar-refractivity contribution in [1.82, 2.24) is 4.90 Å². The molecule has 1 heterocycles. The van der Waals surface area contributed by atoms with Crippen LogP contribution in [0.15, 0.2) is 72.8 Å². The average Bonchev–Trinajstić information content (AvgIpc) is 2.78. The van der Waals surface area contributed by atoms with Crippen LogP contribution < -0.4 is 4.74 Å². The Morgan fingerprint density at radius 3 is 2.17 bits per heavy atom. The van der Waals surface area contributed by atoms with Crippen molar-refractivity contribution in [3.63, 3.8) is 0 Å². The van der Waals surface area contributed by atoms with E-state index in [0.29, 0.717) is 30.0 Å². The van der Waals surface area contributed by atoms with Crippen molar-refractivity contribution in [1.29, 1.82) is 0 Å². The number of fused-ring (bicyclic) bond motifs is 1. The SMILES string of the molecule is CC(Oc1ccc(C(=O)c2ccc(F)cc2)cc1)C(=O)N1CCc2ccccc2C1. The summed E-state index contributed by atoms with van der Waals surface area (Å²) in [6.07, 6.45) is 0.211. The predicted molar refractivity (Wildman–Crippen MR) is 112 cm³/mol. The van der Waals surface area contributed by atoms with Crippen LogP contribution in [0.25, 0.3) is 0 Å². The molecule has 1 aliphatic heterocycles. The molecule has 0 N–H and O–H groups in total. The summed E-state index contributed by atoms with van der Waals surface area (Å²) in [5, 5.41) is 0. The van der Waals surface area contributed by atoms with Crippen LogP contribution in [-0.4, -0.2) is 29.2 Å². The number of ether oxygens (including phenoxy) is 1. The van der Waals surface area contributed by atoms with Crippen molar-refractivity contribution in [2.75, 3.05) is 6.54 Å². The Morgan fingerprint density at radius 1 is 0.900 bits per heavy atom. The van der Waals surface area contributed by atoms with Crippen LogP contribution in [0, 0.1) is 5.82 Å². The van der Waals surface area contributed by atoms with Crippen molar-refractivity contribution < 1.29 is 18.7 Å². The first-order chi connectivity index (χ1) is 14.5. The zero-order valence-electron chi connectivity index (χ0n) is 16.7. The lowest BCUT2D eigenvalue weighted by atomic mass is 9.99. The third-order valence-corrected chi connectivity index (χ3v) is 5.33. The summed E-state index contributed by atoms with van der Waals surface area (Å²) >= 11 is 0. The molecule has 0 spiro atoms. The van der Waals surface area contributed by atoms with Crippen LogP contribution in [0.2, 0.25) is 0 Å². The van der Waals surface area contributed by atoms with Crippen molar-refractivity contribution >= 4 is 11.7 Å². The molecule has 0 fully saturated rings. The van der Waals surface area contributed by atoms with Crippen molar-refractivity contribution in [3.05, 3.63) is 101 Å². The van der Waals surface area contributed by atoms with Crippen LogP contribution in [0.4, 0.5) is 4.39 Å². The number of rotatable bonds is 5. The maximum absolute atomic E-state index is 13.0. The molecule has 0 bridgehead atoms. The molecule has 0 saturated heterocycles. The summed E-state index contributed by atoms with van der Waals surface area (Å²) in [5.41, 5.74) is 3.35. The lowest BCUT2D eigenvalue weighted by molar-refractivity contribution is -0.138. The highest BCUT2D eigenvalue weighted by atomic mass is 19.1. The first kappa shape index (κ1) is 19.8. The molecule has 152 valence electrons. The number of ketones is 1. The molecule has 3 aromatic carbocycles. The van der Waals surface area contributed by atoms with E-state index < -0.39 is 6.10 Å². The molecule has 1 atom stereocenters. The molecule has 1 aliphatic rings. The number of hydrogen-bond acceptors (Lipinski definition) is 3. The van der Waals surface area contributed by atoms with E-state index in [1.807, 2.05) is 17.0 Å². The summed E-state index contributed by atoms with van der Waals surface area (Å²) in [4.78, 5) is 27.1. The normalized spacial score (nSPS) is 14.0. The lowest BCUT2D eigenvalue weighted by Crippen LogP contribution is -2.43. The Labute approximate surface area is 174 Å². The van der Waals surface area contributed by atoms with Gasteiger partial charge in [0.15, 0.2) is 11.9 Å². The van der Waals surface area contributed by atoms with E-state index in [0.717, 1.165) is 6.42 Å². The number of nitrogens with zero attached hydrogens (tertiary/aromatic N) is 1. The van der Waals surface area contributed by atoms with Gasteiger partial charge in [-0.05, 0) is 73.0 Å². The molecule has 1 amide bonds. The van der Waals surface area contributed by atoms with Gasteiger partial charge in [-0.15, -0.1) is 0 Å². The Balaban J connectivity index is 1.39. The molecular formula is C25H22FNO3. The largest absolute Gasteiger partial charge is 0.481 e. The van der Waals surface area contributed by atoms with Gasteiger partial charge in [0, 0.05) is 24.2 Å². The maximum Gasteiger partial charge on any atom is 0.263 e. The third kappa shape index (κ3) is 4.25. The zero-order valence-corrected chi connectivity index (χ0v) is 16.7. The van der Waals surface area contributed by atoms with Crippen LogP contribution in [0.5, 0.6) is 5.75 Å². The summed E-state index contributed by atoms with van der Waals surface area (Å²) in [7, 11) is 0. The fourth-order valence-corrected chi connectivity index (χ4v) is 3.65. The molecule has 0 radical (unpaired) electrons. The van der Waals surface area contributed by atoms with E-state index in [-0.39, 0.29) is 17.5 Å². The number of amides is 1. The monoisotopic (exact) mass is 403 g/mol. The molecule has 4 rings (SSSR count). The Hall–Kier alpha value is -3.47. The van der Waals surface area contributed by atoms with Gasteiger partial charge in [0.25, 0.3) is 5.91 Å². The molecule has 0 saturated carbocycles. The Morgan fingerprint density at radius 2 is 1.50 bits per heavy atom. The number of carbonyl (C=O) groups is 2. The fourth-order valence-electron chi connectivity index (χ4n) is 3.65. The quantitative estimate of drug-likeness (QED) is 0.593. The van der Waals surface area contributed by atoms with E-state index >= 15 is 0 Å². The van der Waals surface area contributed by atoms with Gasteiger partial charge in [0.05, 0.1) is 0 Å². The van der Waals surface area contributed by atoms with Gasteiger partial charge < -0.3 is 9.64 Å². The topological polar surface area (TPSA) is 46.6 Å². The van der Waals surface area contributed by atoms with E-state index in [9.17, 15) is 14.0 Å². The van der Waals surface area contributed by atoms with Crippen molar-refractivity contribution in [3.8, 4) is 5.75 Å². The molecular weight excluding hydrogens is 381 g/mol. The van der Waals surface area contributed by atoms with E-state index in [4.69, 9.17) is 4.74 Å². The van der Waals surface area contributed by atoms with E-state index in [1.54, 1.807) is 31.2 Å². The molecule has 30 heavy (non-hydrogen) atoms. The summed E-state index contributed by atoms with van der Waals surface area (Å²) in [6, 6.07) is 20.2. The highest BCUT2D eigenvalue weighted by Gasteiger charge is 2.25. The number of hydrogen-bond donors (Lipinski definition) is 0. The van der Waals surface area contributed by atoms with E-state index in [1.165, 1.54) is 35.4 Å². The first-order valence-corrected chi connectivity index (χ1v) is 9.94. The minimum atomic E-state index is -0.631. The van der Waals surface area contributed by atoms with Gasteiger partial charge in [-0.2, -0.15) is 0 Å². The van der Waals surface area contributed by atoms with Gasteiger partial charge in [0.2, 0.25) is 0 Å². The minimum absolute atomic E-state index is 0.0593.